The van der Waals surface area contributed by atoms with Crippen LogP contribution in [0.3, 0.4) is 0 Å². The van der Waals surface area contributed by atoms with Gasteiger partial charge in [-0.1, -0.05) is 37.0 Å². The standard InChI is InChI=1S/C23H18Cl2N2O7.C2H6/c24-15-5-1-13(2-6-15)21(29)32-12-18-17(34-22(30)14-3-7-16(25)8-4-14)11-20(33-18)27-19(28)9-10-26-23(27)31;1-2/h1-10,17-18,20H,11-12H2,(H,26,31);1-2H3/t17-,18?,20?;/m1./s1. The molecule has 11 heteroatoms. The van der Waals surface area contributed by atoms with Gasteiger partial charge in [-0.2, -0.15) is 0 Å². The lowest BCUT2D eigenvalue weighted by Gasteiger charge is -2.19. The summed E-state index contributed by atoms with van der Waals surface area (Å²) in [6, 6.07) is 13.4. The van der Waals surface area contributed by atoms with Crippen LogP contribution in [-0.2, 0) is 14.2 Å². The van der Waals surface area contributed by atoms with Crippen LogP contribution >= 0.6 is 23.2 Å². The molecule has 1 fully saturated rings. The van der Waals surface area contributed by atoms with Crippen molar-refractivity contribution in [3.05, 3.63) is 103 Å². The topological polar surface area (TPSA) is 117 Å². The van der Waals surface area contributed by atoms with Crippen LogP contribution in [0.4, 0.5) is 0 Å². The van der Waals surface area contributed by atoms with Crippen LogP contribution in [0.1, 0.15) is 47.2 Å². The Labute approximate surface area is 216 Å². The molecule has 9 nitrogen and oxygen atoms in total. The second-order valence-electron chi connectivity index (χ2n) is 7.41. The number of H-pyrrole nitrogens is 1. The fraction of sp³-hybridized carbons (Fsp3) is 0.280. The molecule has 190 valence electrons. The minimum absolute atomic E-state index is 0.00447. The van der Waals surface area contributed by atoms with Crippen molar-refractivity contribution in [2.45, 2.75) is 38.7 Å². The molecule has 0 spiro atoms. The molecule has 1 aliphatic rings. The molecule has 4 rings (SSSR count). The van der Waals surface area contributed by atoms with Crippen molar-refractivity contribution in [2.24, 2.45) is 0 Å². The summed E-state index contributed by atoms with van der Waals surface area (Å²) in [7, 11) is 0. The van der Waals surface area contributed by atoms with Crippen molar-refractivity contribution in [1.82, 2.24) is 9.55 Å². The fourth-order valence-corrected chi connectivity index (χ4v) is 3.71. The van der Waals surface area contributed by atoms with Gasteiger partial charge in [-0.15, -0.1) is 0 Å². The van der Waals surface area contributed by atoms with Crippen LogP contribution in [0, 0.1) is 0 Å². The molecule has 0 aliphatic carbocycles. The predicted molar refractivity (Wildman–Crippen MR) is 134 cm³/mol. The second kappa shape index (κ2) is 12.5. The molecule has 0 radical (unpaired) electrons. The van der Waals surface area contributed by atoms with Gasteiger partial charge in [-0.05, 0) is 48.5 Å². The molecule has 2 unspecified atom stereocenters. The summed E-state index contributed by atoms with van der Waals surface area (Å²) < 4.78 is 17.6. The molecule has 0 bridgehead atoms. The highest BCUT2D eigenvalue weighted by Crippen LogP contribution is 2.30. The monoisotopic (exact) mass is 534 g/mol. The summed E-state index contributed by atoms with van der Waals surface area (Å²) in [6.07, 6.45) is -1.64. The lowest BCUT2D eigenvalue weighted by molar-refractivity contribution is -0.0589. The second-order valence-corrected chi connectivity index (χ2v) is 8.28. The number of nitrogens with zero attached hydrogens (tertiary/aromatic N) is 1. The number of carbonyl (C=O) groups excluding carboxylic acids is 2. The van der Waals surface area contributed by atoms with Gasteiger partial charge in [0.1, 0.15) is 25.0 Å². The maximum absolute atomic E-state index is 12.6. The maximum atomic E-state index is 12.6. The number of halogens is 2. The van der Waals surface area contributed by atoms with E-state index in [0.29, 0.717) is 10.0 Å². The van der Waals surface area contributed by atoms with E-state index in [1.54, 1.807) is 24.3 Å². The van der Waals surface area contributed by atoms with Crippen LogP contribution < -0.4 is 11.2 Å². The van der Waals surface area contributed by atoms with E-state index < -0.39 is 41.6 Å². The van der Waals surface area contributed by atoms with Gasteiger partial charge in [0.05, 0.1) is 11.1 Å². The Kier molecular flexibility index (Phi) is 9.46. The number of rotatable bonds is 6. The molecule has 1 N–H and O–H groups in total. The lowest BCUT2D eigenvalue weighted by atomic mass is 10.1. The molecule has 1 saturated heterocycles. The minimum Gasteiger partial charge on any atom is -0.459 e. The van der Waals surface area contributed by atoms with Crippen LogP contribution in [-0.4, -0.2) is 40.3 Å². The van der Waals surface area contributed by atoms with E-state index in [0.717, 1.165) is 4.57 Å². The molecule has 2 heterocycles. The summed E-state index contributed by atoms with van der Waals surface area (Å²) in [5.74, 6) is -1.30. The summed E-state index contributed by atoms with van der Waals surface area (Å²) in [6.45, 7) is 3.72. The SMILES string of the molecule is CC.O=C(OCC1OC(n2c(=O)cc[nH]c2=O)C[C@H]1OC(=O)c1ccc(Cl)cc1)c1ccc(Cl)cc1. The minimum atomic E-state index is -1.03. The highest BCUT2D eigenvalue weighted by molar-refractivity contribution is 6.31. The Bertz CT molecular complexity index is 1280. The number of aromatic nitrogens is 2. The first-order valence-electron chi connectivity index (χ1n) is 11.2. The zero-order chi connectivity index (χ0) is 26.2. The smallest absolute Gasteiger partial charge is 0.338 e. The van der Waals surface area contributed by atoms with Gasteiger partial charge >= 0.3 is 17.6 Å². The molecule has 1 aromatic heterocycles. The molecule has 2 aromatic carbocycles. The molecular weight excluding hydrogens is 511 g/mol. The molecule has 3 atom stereocenters. The molecule has 3 aromatic rings. The first kappa shape index (κ1) is 27.2. The van der Waals surface area contributed by atoms with Crippen molar-refractivity contribution in [2.75, 3.05) is 6.61 Å². The summed E-state index contributed by atoms with van der Waals surface area (Å²) in [5.41, 5.74) is -0.752. The number of hydrogen-bond acceptors (Lipinski definition) is 7. The lowest BCUT2D eigenvalue weighted by Crippen LogP contribution is -2.37. The Hall–Kier alpha value is -3.40. The van der Waals surface area contributed by atoms with Gasteiger partial charge in [-0.25, -0.2) is 19.0 Å². The Morgan fingerprint density at radius 1 is 0.944 bits per heavy atom. The Morgan fingerprint density at radius 2 is 1.50 bits per heavy atom. The summed E-state index contributed by atoms with van der Waals surface area (Å²) in [5, 5.41) is 0.918. The van der Waals surface area contributed by atoms with E-state index in [9.17, 15) is 19.2 Å². The first-order chi connectivity index (χ1) is 17.3. The number of ether oxygens (including phenoxy) is 3. The zero-order valence-electron chi connectivity index (χ0n) is 19.5. The molecular formula is C25H24Cl2N2O7. The molecule has 0 saturated carbocycles. The average molecular weight is 535 g/mol. The van der Waals surface area contributed by atoms with Crippen LogP contribution in [0.2, 0.25) is 10.0 Å². The third kappa shape index (κ3) is 6.63. The van der Waals surface area contributed by atoms with Gasteiger partial charge in [0.25, 0.3) is 5.56 Å². The van der Waals surface area contributed by atoms with E-state index in [2.05, 4.69) is 4.98 Å². The third-order valence-electron chi connectivity index (χ3n) is 5.15. The van der Waals surface area contributed by atoms with Crippen molar-refractivity contribution in [3.8, 4) is 0 Å². The highest BCUT2D eigenvalue weighted by atomic mass is 35.5. The van der Waals surface area contributed by atoms with Gasteiger partial charge in [0.15, 0.2) is 0 Å². The van der Waals surface area contributed by atoms with Crippen molar-refractivity contribution < 1.29 is 23.8 Å². The van der Waals surface area contributed by atoms with Crippen molar-refractivity contribution in [1.29, 1.82) is 0 Å². The van der Waals surface area contributed by atoms with E-state index >= 15 is 0 Å². The number of aromatic amines is 1. The molecule has 0 amide bonds. The van der Waals surface area contributed by atoms with Crippen LogP contribution in [0.15, 0.2) is 70.4 Å². The first-order valence-corrected chi connectivity index (χ1v) is 11.9. The molecule has 36 heavy (non-hydrogen) atoms. The Morgan fingerprint density at radius 3 is 2.06 bits per heavy atom. The highest BCUT2D eigenvalue weighted by Gasteiger charge is 2.41. The maximum Gasteiger partial charge on any atom is 0.338 e. The number of esters is 2. The average Bonchev–Trinajstić information content (AvgIpc) is 3.26. The van der Waals surface area contributed by atoms with Gasteiger partial charge in [0.2, 0.25) is 0 Å². The Balaban J connectivity index is 0.00000176. The van der Waals surface area contributed by atoms with Gasteiger partial charge < -0.3 is 19.2 Å². The van der Waals surface area contributed by atoms with E-state index in [4.69, 9.17) is 37.4 Å². The normalized spacial score (nSPS) is 18.6. The molecule has 1 aliphatic heterocycles. The van der Waals surface area contributed by atoms with Crippen molar-refractivity contribution in [3.63, 3.8) is 0 Å². The van der Waals surface area contributed by atoms with Crippen molar-refractivity contribution >= 4 is 35.1 Å². The van der Waals surface area contributed by atoms with E-state index in [-0.39, 0.29) is 24.2 Å². The third-order valence-corrected chi connectivity index (χ3v) is 5.66. The largest absolute Gasteiger partial charge is 0.459 e. The number of benzene rings is 2. The van der Waals surface area contributed by atoms with E-state index in [1.807, 2.05) is 13.8 Å². The zero-order valence-corrected chi connectivity index (χ0v) is 21.0. The summed E-state index contributed by atoms with van der Waals surface area (Å²) >= 11 is 11.7. The van der Waals surface area contributed by atoms with Crippen LogP contribution in [0.25, 0.3) is 0 Å². The van der Waals surface area contributed by atoms with Crippen LogP contribution in [0.5, 0.6) is 0 Å². The number of carbonyl (C=O) groups is 2. The van der Waals surface area contributed by atoms with Gasteiger partial charge in [0, 0.05) is 28.7 Å². The predicted octanol–water partition coefficient (Wildman–Crippen LogP) is 4.24. The number of nitrogens with one attached hydrogen (secondary N) is 1. The summed E-state index contributed by atoms with van der Waals surface area (Å²) in [4.78, 5) is 51.9. The van der Waals surface area contributed by atoms with Gasteiger partial charge in [-0.3, -0.25) is 4.79 Å². The van der Waals surface area contributed by atoms with E-state index in [1.165, 1.54) is 36.5 Å². The fourth-order valence-electron chi connectivity index (χ4n) is 3.46. The quantitative estimate of drug-likeness (QED) is 0.470. The number of hydrogen-bond donors (Lipinski definition) is 1.